The van der Waals surface area contributed by atoms with Crippen molar-refractivity contribution in [1.29, 1.82) is 0 Å². The van der Waals surface area contributed by atoms with Crippen LogP contribution in [0.15, 0.2) is 18.2 Å². The number of amides is 1. The lowest BCUT2D eigenvalue weighted by Crippen LogP contribution is -2.46. The molecule has 0 aliphatic carbocycles. The zero-order chi connectivity index (χ0) is 15.4. The first-order chi connectivity index (χ1) is 9.97. The van der Waals surface area contributed by atoms with E-state index >= 15 is 0 Å². The van der Waals surface area contributed by atoms with Crippen molar-refractivity contribution >= 4 is 34.7 Å². The lowest BCUT2D eigenvalue weighted by Gasteiger charge is -2.32. The van der Waals surface area contributed by atoms with Crippen LogP contribution in [0.4, 0.5) is 4.39 Å². The van der Waals surface area contributed by atoms with Crippen LogP contribution in [0.1, 0.15) is 23.2 Å². The summed E-state index contributed by atoms with van der Waals surface area (Å²) in [6, 6.07) is 4.43. The van der Waals surface area contributed by atoms with E-state index in [2.05, 4.69) is 10.2 Å². The third-order valence-corrected chi connectivity index (χ3v) is 3.92. The third kappa shape index (κ3) is 4.36. The second kappa shape index (κ2) is 7.15. The van der Waals surface area contributed by atoms with E-state index < -0.39 is 11.7 Å². The van der Waals surface area contributed by atoms with Gasteiger partial charge in [0.1, 0.15) is 0 Å². The van der Waals surface area contributed by atoms with Crippen LogP contribution in [0.25, 0.3) is 0 Å². The first kappa shape index (κ1) is 16.1. The van der Waals surface area contributed by atoms with Crippen LogP contribution in [-0.2, 0) is 0 Å². The first-order valence-electron chi connectivity index (χ1n) is 6.73. The summed E-state index contributed by atoms with van der Waals surface area (Å²) in [7, 11) is 0. The molecule has 1 aliphatic heterocycles. The molecule has 0 aromatic heterocycles. The quantitative estimate of drug-likeness (QED) is 0.829. The molecule has 1 amide bonds. The van der Waals surface area contributed by atoms with Crippen molar-refractivity contribution in [1.82, 2.24) is 10.2 Å². The molecular formula is C14H17ClFN3OS. The largest absolute Gasteiger partial charge is 0.392 e. The summed E-state index contributed by atoms with van der Waals surface area (Å²) in [4.78, 5) is 14.7. The molecule has 1 aliphatic rings. The van der Waals surface area contributed by atoms with Gasteiger partial charge in [0.05, 0.1) is 15.6 Å². The molecule has 0 saturated carbocycles. The maximum atomic E-state index is 13.8. The standard InChI is InChI=1S/C14H17ClFN3OS/c15-11-3-1-2-10(13(11)16)14(20)18-9-4-6-19(7-5-9)8-12(17)21/h1-3,9H,4-8H2,(H2,17,21)(H,18,20). The summed E-state index contributed by atoms with van der Waals surface area (Å²) >= 11 is 10.6. The third-order valence-electron chi connectivity index (χ3n) is 3.50. The molecule has 1 aromatic carbocycles. The Labute approximate surface area is 133 Å². The van der Waals surface area contributed by atoms with E-state index in [-0.39, 0.29) is 16.6 Å². The predicted octanol–water partition coefficient (Wildman–Crippen LogP) is 1.96. The lowest BCUT2D eigenvalue weighted by molar-refractivity contribution is 0.0911. The van der Waals surface area contributed by atoms with Crippen LogP contribution in [0.2, 0.25) is 5.02 Å². The number of nitrogens with one attached hydrogen (secondary N) is 1. The number of nitrogens with zero attached hydrogens (tertiary/aromatic N) is 1. The summed E-state index contributed by atoms with van der Waals surface area (Å²) in [5.74, 6) is -1.11. The fraction of sp³-hybridized carbons (Fsp3) is 0.429. The summed E-state index contributed by atoms with van der Waals surface area (Å²) in [5, 5.41) is 2.80. The summed E-state index contributed by atoms with van der Waals surface area (Å²) in [5.41, 5.74) is 5.49. The number of likely N-dealkylation sites (tertiary alicyclic amines) is 1. The Morgan fingerprint density at radius 3 is 2.76 bits per heavy atom. The van der Waals surface area contributed by atoms with E-state index in [4.69, 9.17) is 29.6 Å². The van der Waals surface area contributed by atoms with Gasteiger partial charge < -0.3 is 11.1 Å². The fourth-order valence-corrected chi connectivity index (χ4v) is 2.76. The van der Waals surface area contributed by atoms with Crippen molar-refractivity contribution in [3.05, 3.63) is 34.6 Å². The highest BCUT2D eigenvalue weighted by Gasteiger charge is 2.22. The Bertz CT molecular complexity index is 547. The normalized spacial score (nSPS) is 16.7. The average molecular weight is 330 g/mol. The van der Waals surface area contributed by atoms with E-state index in [1.54, 1.807) is 6.07 Å². The van der Waals surface area contributed by atoms with Crippen molar-refractivity contribution in [3.63, 3.8) is 0 Å². The number of piperidine rings is 1. The molecular weight excluding hydrogens is 313 g/mol. The molecule has 0 radical (unpaired) electrons. The van der Waals surface area contributed by atoms with Gasteiger partial charge in [0.25, 0.3) is 5.91 Å². The number of carbonyl (C=O) groups is 1. The van der Waals surface area contributed by atoms with Crippen molar-refractivity contribution in [2.45, 2.75) is 18.9 Å². The topological polar surface area (TPSA) is 58.4 Å². The predicted molar refractivity (Wildman–Crippen MR) is 85.1 cm³/mol. The summed E-state index contributed by atoms with van der Waals surface area (Å²) < 4.78 is 13.8. The van der Waals surface area contributed by atoms with Crippen LogP contribution in [0, 0.1) is 5.82 Å². The Morgan fingerprint density at radius 1 is 1.48 bits per heavy atom. The van der Waals surface area contributed by atoms with Crippen molar-refractivity contribution in [2.24, 2.45) is 5.73 Å². The molecule has 0 spiro atoms. The minimum absolute atomic E-state index is 0.0203. The van der Waals surface area contributed by atoms with Crippen LogP contribution in [0.5, 0.6) is 0 Å². The molecule has 0 atom stereocenters. The van der Waals surface area contributed by atoms with Crippen LogP contribution < -0.4 is 11.1 Å². The Kier molecular flexibility index (Phi) is 5.50. The van der Waals surface area contributed by atoms with Gasteiger partial charge in [0.15, 0.2) is 5.82 Å². The molecule has 2 rings (SSSR count). The van der Waals surface area contributed by atoms with Gasteiger partial charge in [0.2, 0.25) is 0 Å². The highest BCUT2D eigenvalue weighted by atomic mass is 35.5. The number of rotatable bonds is 4. The second-order valence-electron chi connectivity index (χ2n) is 5.09. The van der Waals surface area contributed by atoms with Gasteiger partial charge in [0, 0.05) is 25.7 Å². The number of hydrogen-bond acceptors (Lipinski definition) is 3. The lowest BCUT2D eigenvalue weighted by atomic mass is 10.0. The second-order valence-corrected chi connectivity index (χ2v) is 6.02. The number of halogens is 2. The van der Waals surface area contributed by atoms with Gasteiger partial charge in [-0.05, 0) is 25.0 Å². The summed E-state index contributed by atoms with van der Waals surface area (Å²) in [6.07, 6.45) is 1.58. The zero-order valence-corrected chi connectivity index (χ0v) is 13.0. The average Bonchev–Trinajstić information content (AvgIpc) is 2.43. The smallest absolute Gasteiger partial charge is 0.254 e. The van der Waals surface area contributed by atoms with Gasteiger partial charge in [-0.2, -0.15) is 0 Å². The van der Waals surface area contributed by atoms with Gasteiger partial charge in [-0.15, -0.1) is 0 Å². The fourth-order valence-electron chi connectivity index (χ4n) is 2.40. The summed E-state index contributed by atoms with van der Waals surface area (Å²) in [6.45, 7) is 2.21. The van der Waals surface area contributed by atoms with E-state index in [0.717, 1.165) is 25.9 Å². The van der Waals surface area contributed by atoms with Crippen LogP contribution >= 0.6 is 23.8 Å². The van der Waals surface area contributed by atoms with Crippen LogP contribution in [-0.4, -0.2) is 41.5 Å². The molecule has 1 saturated heterocycles. The van der Waals surface area contributed by atoms with E-state index in [0.29, 0.717) is 11.5 Å². The van der Waals surface area contributed by atoms with E-state index in [1.165, 1.54) is 12.1 Å². The number of thiocarbonyl (C=S) groups is 1. The molecule has 21 heavy (non-hydrogen) atoms. The van der Waals surface area contributed by atoms with Crippen LogP contribution in [0.3, 0.4) is 0 Å². The monoisotopic (exact) mass is 329 g/mol. The molecule has 0 bridgehead atoms. The Balaban J connectivity index is 1.90. The minimum Gasteiger partial charge on any atom is -0.392 e. The number of hydrogen-bond donors (Lipinski definition) is 2. The highest BCUT2D eigenvalue weighted by Crippen LogP contribution is 2.18. The molecule has 1 fully saturated rings. The molecule has 1 aromatic rings. The Hall–Kier alpha value is -1.24. The van der Waals surface area contributed by atoms with Gasteiger partial charge in [-0.1, -0.05) is 29.9 Å². The zero-order valence-electron chi connectivity index (χ0n) is 11.4. The molecule has 7 heteroatoms. The maximum absolute atomic E-state index is 13.8. The van der Waals surface area contributed by atoms with Gasteiger partial charge in [-0.3, -0.25) is 9.69 Å². The highest BCUT2D eigenvalue weighted by molar-refractivity contribution is 7.80. The molecule has 1 heterocycles. The number of carbonyl (C=O) groups excluding carboxylic acids is 1. The van der Waals surface area contributed by atoms with Gasteiger partial charge in [-0.25, -0.2) is 4.39 Å². The molecule has 3 N–H and O–H groups in total. The minimum atomic E-state index is -0.678. The van der Waals surface area contributed by atoms with Crippen molar-refractivity contribution < 1.29 is 9.18 Å². The SMILES string of the molecule is NC(=S)CN1CCC(NC(=O)c2cccc(Cl)c2F)CC1. The molecule has 0 unspecified atom stereocenters. The maximum Gasteiger partial charge on any atom is 0.254 e. The number of benzene rings is 1. The van der Waals surface area contributed by atoms with Crippen molar-refractivity contribution in [2.75, 3.05) is 19.6 Å². The first-order valence-corrected chi connectivity index (χ1v) is 7.51. The van der Waals surface area contributed by atoms with Gasteiger partial charge >= 0.3 is 0 Å². The van der Waals surface area contributed by atoms with E-state index in [9.17, 15) is 9.18 Å². The van der Waals surface area contributed by atoms with Crippen molar-refractivity contribution in [3.8, 4) is 0 Å². The number of nitrogens with two attached hydrogens (primary N) is 1. The van der Waals surface area contributed by atoms with E-state index in [1.807, 2.05) is 0 Å². The Morgan fingerprint density at radius 2 is 2.14 bits per heavy atom. The molecule has 4 nitrogen and oxygen atoms in total. The molecule has 114 valence electrons.